The lowest BCUT2D eigenvalue weighted by molar-refractivity contribution is 0.0692. The van der Waals surface area contributed by atoms with Crippen LogP contribution in [0.15, 0.2) is 35.2 Å². The summed E-state index contributed by atoms with van der Waals surface area (Å²) in [7, 11) is -4.37. The molecule has 1 aliphatic rings. The lowest BCUT2D eigenvalue weighted by atomic mass is 10.2. The van der Waals surface area contributed by atoms with Crippen LogP contribution in [0.4, 0.5) is 15.5 Å². The van der Waals surface area contributed by atoms with E-state index >= 15 is 0 Å². The second-order valence-electron chi connectivity index (χ2n) is 6.02. The van der Waals surface area contributed by atoms with E-state index in [2.05, 4.69) is 25.9 Å². The lowest BCUT2D eigenvalue weighted by Gasteiger charge is -2.10. The van der Waals surface area contributed by atoms with Crippen LogP contribution in [0.1, 0.15) is 21.7 Å². The summed E-state index contributed by atoms with van der Waals surface area (Å²) in [4.78, 5) is 40.4. The average molecular weight is 436 g/mol. The van der Waals surface area contributed by atoms with Crippen molar-refractivity contribution in [3.63, 3.8) is 0 Å². The van der Waals surface area contributed by atoms with Crippen LogP contribution in [0.25, 0.3) is 0 Å². The number of amides is 4. The van der Waals surface area contributed by atoms with Crippen molar-refractivity contribution in [3.8, 4) is 0 Å². The molecule has 12 nitrogen and oxygen atoms in total. The summed E-state index contributed by atoms with van der Waals surface area (Å²) in [6, 6.07) is 5.49. The number of carbonyl (C=O) groups excluding carboxylic acids is 2. The minimum atomic E-state index is -4.37. The molecular weight excluding hydrogens is 416 g/mol. The van der Waals surface area contributed by atoms with E-state index in [0.29, 0.717) is 11.4 Å². The predicted molar refractivity (Wildman–Crippen MR) is 106 cm³/mol. The molecular formula is C17H20N6O6S. The van der Waals surface area contributed by atoms with Crippen LogP contribution in [0.2, 0.25) is 0 Å². The summed E-state index contributed by atoms with van der Waals surface area (Å²) < 4.78 is 26.2. The molecule has 2 aromatic rings. The van der Waals surface area contributed by atoms with Gasteiger partial charge in [0.2, 0.25) is 5.95 Å². The van der Waals surface area contributed by atoms with E-state index in [1.807, 2.05) is 0 Å². The molecule has 3 rings (SSSR count). The Hall–Kier alpha value is -3.74. The van der Waals surface area contributed by atoms with Crippen LogP contribution in [0.5, 0.6) is 0 Å². The fraction of sp³-hybridized carbons (Fsp3) is 0.235. The van der Waals surface area contributed by atoms with Gasteiger partial charge in [-0.05, 0) is 32.0 Å². The molecule has 1 aliphatic heterocycles. The number of hydrogen-bond acceptors (Lipinski definition) is 7. The fourth-order valence-electron chi connectivity index (χ4n) is 2.38. The number of nitrogens with one attached hydrogen (secondary N) is 4. The summed E-state index contributed by atoms with van der Waals surface area (Å²) in [6.07, 6.45) is 0. The van der Waals surface area contributed by atoms with E-state index in [0.717, 1.165) is 25.2 Å². The van der Waals surface area contributed by atoms with Gasteiger partial charge < -0.3 is 15.7 Å². The summed E-state index contributed by atoms with van der Waals surface area (Å²) >= 11 is 0. The molecule has 1 aromatic carbocycles. The largest absolute Gasteiger partial charge is 0.478 e. The number of nitrogens with zero attached hydrogens (tertiary/aromatic N) is 2. The molecule has 0 saturated carbocycles. The number of rotatable bonds is 4. The van der Waals surface area contributed by atoms with Gasteiger partial charge in [0.15, 0.2) is 0 Å². The molecule has 0 aliphatic carbocycles. The average Bonchev–Trinajstić information content (AvgIpc) is 3.11. The topological polar surface area (TPSA) is 179 Å². The van der Waals surface area contributed by atoms with Crippen LogP contribution >= 0.6 is 0 Å². The highest BCUT2D eigenvalue weighted by molar-refractivity contribution is 7.90. The van der Waals surface area contributed by atoms with E-state index in [9.17, 15) is 22.8 Å². The van der Waals surface area contributed by atoms with Gasteiger partial charge in [-0.1, -0.05) is 12.1 Å². The van der Waals surface area contributed by atoms with E-state index in [-0.39, 0.29) is 12.0 Å². The fourth-order valence-corrected chi connectivity index (χ4v) is 3.49. The van der Waals surface area contributed by atoms with Crippen LogP contribution in [0.3, 0.4) is 0 Å². The third-order valence-corrected chi connectivity index (χ3v) is 4.93. The predicted octanol–water partition coefficient (Wildman–Crippen LogP) is 0.601. The second-order valence-corrected chi connectivity index (χ2v) is 7.67. The number of aromatic nitrogens is 2. The minimum absolute atomic E-state index is 0.0463. The maximum absolute atomic E-state index is 12.2. The van der Waals surface area contributed by atoms with Crippen LogP contribution in [-0.2, 0) is 10.0 Å². The molecule has 4 amide bonds. The first-order chi connectivity index (χ1) is 14.1. The van der Waals surface area contributed by atoms with Gasteiger partial charge in [0.1, 0.15) is 4.90 Å². The van der Waals surface area contributed by atoms with Gasteiger partial charge in [-0.3, -0.25) is 5.32 Å². The summed E-state index contributed by atoms with van der Waals surface area (Å²) in [5, 5.41) is 16.4. The molecule has 2 heterocycles. The Kier molecular flexibility index (Phi) is 7.25. The zero-order valence-electron chi connectivity index (χ0n) is 16.1. The molecule has 1 saturated heterocycles. The van der Waals surface area contributed by atoms with E-state index < -0.39 is 32.5 Å². The molecule has 0 radical (unpaired) electrons. The number of benzene rings is 1. The second kappa shape index (κ2) is 9.65. The first-order valence-corrected chi connectivity index (χ1v) is 10.1. The van der Waals surface area contributed by atoms with E-state index in [1.165, 1.54) is 12.1 Å². The summed E-state index contributed by atoms with van der Waals surface area (Å²) in [6.45, 7) is 4.94. The zero-order valence-corrected chi connectivity index (χ0v) is 16.9. The molecule has 160 valence electrons. The van der Waals surface area contributed by atoms with Gasteiger partial charge >= 0.3 is 18.0 Å². The maximum atomic E-state index is 12.2. The number of sulfonamides is 1. The highest BCUT2D eigenvalue weighted by Gasteiger charge is 2.24. The lowest BCUT2D eigenvalue weighted by Crippen LogP contribution is -2.35. The van der Waals surface area contributed by atoms with Crippen molar-refractivity contribution >= 4 is 34.0 Å². The quantitative estimate of drug-likeness (QED) is 0.462. The van der Waals surface area contributed by atoms with Crippen molar-refractivity contribution in [1.82, 2.24) is 25.3 Å². The number of aromatic carboxylic acids is 1. The Bertz CT molecular complexity index is 1040. The van der Waals surface area contributed by atoms with Gasteiger partial charge in [-0.15, -0.1) is 0 Å². The molecule has 1 aromatic heterocycles. The Balaban J connectivity index is 0.000000456. The molecule has 0 atom stereocenters. The Morgan fingerprint density at radius 3 is 2.13 bits per heavy atom. The third kappa shape index (κ3) is 6.41. The summed E-state index contributed by atoms with van der Waals surface area (Å²) in [5.74, 6) is -1.49. The molecule has 0 spiro atoms. The maximum Gasteiger partial charge on any atom is 0.337 e. The normalized spacial score (nSPS) is 12.7. The number of urea groups is 2. The number of aryl methyl sites for hydroxylation is 2. The van der Waals surface area contributed by atoms with Gasteiger partial charge in [0.25, 0.3) is 10.0 Å². The van der Waals surface area contributed by atoms with Gasteiger partial charge in [0, 0.05) is 24.5 Å². The number of carboxylic acid groups (broad SMARTS) is 1. The number of carboxylic acids is 1. The van der Waals surface area contributed by atoms with Crippen molar-refractivity contribution in [2.45, 2.75) is 18.7 Å². The monoisotopic (exact) mass is 436 g/mol. The van der Waals surface area contributed by atoms with Crippen LogP contribution in [0, 0.1) is 13.8 Å². The van der Waals surface area contributed by atoms with Crippen molar-refractivity contribution in [2.75, 3.05) is 18.4 Å². The Morgan fingerprint density at radius 2 is 1.63 bits per heavy atom. The standard InChI is InChI=1S/C14H14N4O5S.C3H6N2O/c1-8-7-9(2)16-13(15-8)17-14(21)18-24(22,23)11-6-4-3-5-10(11)12(19)20;6-3-4-1-2-5-3/h3-7H,1-2H3,(H,19,20)(H2,15,16,17,18,21);1-2H2,(H2,4,5,6). The smallest absolute Gasteiger partial charge is 0.337 e. The van der Waals surface area contributed by atoms with Gasteiger partial charge in [0.05, 0.1) is 5.56 Å². The first kappa shape index (κ1) is 22.5. The van der Waals surface area contributed by atoms with E-state index in [4.69, 9.17) is 5.11 Å². The van der Waals surface area contributed by atoms with E-state index in [1.54, 1.807) is 24.6 Å². The molecule has 30 heavy (non-hydrogen) atoms. The SMILES string of the molecule is Cc1cc(C)nc(NC(=O)NS(=O)(=O)c2ccccc2C(=O)O)n1.O=C1NCCN1. The van der Waals surface area contributed by atoms with Crippen molar-refractivity contribution in [1.29, 1.82) is 0 Å². The first-order valence-electron chi connectivity index (χ1n) is 8.58. The molecule has 13 heteroatoms. The number of carbonyl (C=O) groups is 3. The Morgan fingerprint density at radius 1 is 1.07 bits per heavy atom. The van der Waals surface area contributed by atoms with Crippen molar-refractivity contribution in [2.24, 2.45) is 0 Å². The van der Waals surface area contributed by atoms with Crippen LogP contribution in [-0.4, -0.2) is 54.6 Å². The van der Waals surface area contributed by atoms with Crippen LogP contribution < -0.4 is 20.7 Å². The highest BCUT2D eigenvalue weighted by atomic mass is 32.2. The van der Waals surface area contributed by atoms with Crippen molar-refractivity contribution < 1.29 is 27.9 Å². The molecule has 0 unspecified atom stereocenters. The molecule has 5 N–H and O–H groups in total. The molecule has 0 bridgehead atoms. The highest BCUT2D eigenvalue weighted by Crippen LogP contribution is 2.15. The molecule has 1 fully saturated rings. The Labute approximate surface area is 172 Å². The van der Waals surface area contributed by atoms with Gasteiger partial charge in [-0.25, -0.2) is 37.5 Å². The van der Waals surface area contributed by atoms with Gasteiger partial charge in [-0.2, -0.15) is 0 Å². The number of anilines is 1. The number of hydrogen-bond donors (Lipinski definition) is 5. The zero-order chi connectivity index (χ0) is 22.3. The van der Waals surface area contributed by atoms with Crippen molar-refractivity contribution in [3.05, 3.63) is 47.3 Å². The summed E-state index contributed by atoms with van der Waals surface area (Å²) in [5.41, 5.74) is 0.745. The third-order valence-electron chi connectivity index (χ3n) is 3.54. The minimum Gasteiger partial charge on any atom is -0.478 e.